The van der Waals surface area contributed by atoms with E-state index in [0.717, 1.165) is 0 Å². The molecule has 0 amide bonds. The van der Waals surface area contributed by atoms with Gasteiger partial charge in [-0.15, -0.1) is 0 Å². The van der Waals surface area contributed by atoms with Gasteiger partial charge in [-0.05, 0) is 53.9 Å². The minimum Gasteiger partial charge on any atom is -0.0733 e. The molecule has 0 bridgehead atoms. The smallest absolute Gasteiger partial charge is 0.0733 e. The minimum atomic E-state index is -1.76. The average molecular weight is 385 g/mol. The van der Waals surface area contributed by atoms with E-state index < -0.39 is 8.07 Å². The second-order valence-corrected chi connectivity index (χ2v) is 14.0. The fraction of sp³-hybridized carbons (Fsp3) is 0.407. The maximum Gasteiger partial charge on any atom is 0.113 e. The standard InChI is InChI=1S/C27H32Si/c1-5-18(2)24-17-27(23-12-7-6-11-22(23)24)28(3,4)26-14-13-21-15-19-9-8-10-20(19)16-25(21)26/h6-7,11-18,21-22H,5,8-10H2,1-4H3. The molecule has 0 aromatic rings. The van der Waals surface area contributed by atoms with Crippen molar-refractivity contribution >= 4 is 8.07 Å². The van der Waals surface area contributed by atoms with Gasteiger partial charge < -0.3 is 0 Å². The molecule has 0 aliphatic heterocycles. The van der Waals surface area contributed by atoms with Crippen molar-refractivity contribution in [1.82, 2.24) is 0 Å². The van der Waals surface area contributed by atoms with Crippen LogP contribution >= 0.6 is 0 Å². The summed E-state index contributed by atoms with van der Waals surface area (Å²) in [6.07, 6.45) is 27.1. The van der Waals surface area contributed by atoms with Gasteiger partial charge in [0, 0.05) is 11.8 Å². The van der Waals surface area contributed by atoms with Gasteiger partial charge in [-0.3, -0.25) is 0 Å². The minimum absolute atomic E-state index is 0.513. The molecule has 28 heavy (non-hydrogen) atoms. The summed E-state index contributed by atoms with van der Waals surface area (Å²) >= 11 is 0. The highest BCUT2D eigenvalue weighted by molar-refractivity contribution is 6.92. The molecule has 5 aliphatic carbocycles. The Morgan fingerprint density at radius 1 is 0.964 bits per heavy atom. The van der Waals surface area contributed by atoms with E-state index in [-0.39, 0.29) is 0 Å². The molecule has 0 N–H and O–H groups in total. The third-order valence-corrected chi connectivity index (χ3v) is 11.3. The summed E-state index contributed by atoms with van der Waals surface area (Å²) in [4.78, 5) is 0. The highest BCUT2D eigenvalue weighted by Crippen LogP contribution is 2.48. The van der Waals surface area contributed by atoms with Crippen molar-refractivity contribution in [2.75, 3.05) is 0 Å². The molecule has 5 rings (SSSR count). The monoisotopic (exact) mass is 384 g/mol. The molecule has 0 nitrogen and oxygen atoms in total. The van der Waals surface area contributed by atoms with Gasteiger partial charge in [0.15, 0.2) is 0 Å². The first-order chi connectivity index (χ1) is 13.5. The largest absolute Gasteiger partial charge is 0.113 e. The van der Waals surface area contributed by atoms with Crippen LogP contribution in [0, 0.1) is 17.8 Å². The van der Waals surface area contributed by atoms with Crippen LogP contribution in [-0.2, 0) is 0 Å². The van der Waals surface area contributed by atoms with Crippen LogP contribution in [-0.4, -0.2) is 8.07 Å². The lowest BCUT2D eigenvalue weighted by molar-refractivity contribution is 0.611. The van der Waals surface area contributed by atoms with Crippen molar-refractivity contribution in [3.8, 4) is 0 Å². The van der Waals surface area contributed by atoms with Gasteiger partial charge in [0.05, 0.1) is 0 Å². The van der Waals surface area contributed by atoms with Crippen molar-refractivity contribution in [3.05, 3.63) is 92.9 Å². The van der Waals surface area contributed by atoms with Gasteiger partial charge in [0.2, 0.25) is 0 Å². The van der Waals surface area contributed by atoms with Crippen LogP contribution in [0.3, 0.4) is 0 Å². The van der Waals surface area contributed by atoms with E-state index in [4.69, 9.17) is 0 Å². The Morgan fingerprint density at radius 3 is 2.61 bits per heavy atom. The van der Waals surface area contributed by atoms with Crippen LogP contribution in [0.25, 0.3) is 0 Å². The normalized spacial score (nSPS) is 28.9. The molecule has 3 unspecified atom stereocenters. The summed E-state index contributed by atoms with van der Waals surface area (Å²) in [6, 6.07) is 0. The molecular weight excluding hydrogens is 352 g/mol. The van der Waals surface area contributed by atoms with Gasteiger partial charge in [-0.1, -0.05) is 97.6 Å². The van der Waals surface area contributed by atoms with Crippen LogP contribution in [0.15, 0.2) is 92.9 Å². The van der Waals surface area contributed by atoms with Crippen molar-refractivity contribution in [1.29, 1.82) is 0 Å². The number of hydrogen-bond acceptors (Lipinski definition) is 0. The molecule has 144 valence electrons. The summed E-state index contributed by atoms with van der Waals surface area (Å²) in [5.41, 5.74) is 8.08. The molecule has 1 fully saturated rings. The molecule has 0 spiro atoms. The Balaban J connectivity index is 1.61. The van der Waals surface area contributed by atoms with E-state index in [1.807, 2.05) is 0 Å². The van der Waals surface area contributed by atoms with E-state index in [1.54, 1.807) is 38.3 Å². The van der Waals surface area contributed by atoms with Crippen molar-refractivity contribution in [3.63, 3.8) is 0 Å². The lowest BCUT2D eigenvalue weighted by Crippen LogP contribution is -2.32. The maximum absolute atomic E-state index is 2.61. The maximum atomic E-state index is 2.61. The molecule has 1 saturated carbocycles. The van der Waals surface area contributed by atoms with E-state index in [1.165, 1.54) is 25.7 Å². The number of allylic oxidation sites excluding steroid dienone is 16. The van der Waals surface area contributed by atoms with Crippen LogP contribution in [0.5, 0.6) is 0 Å². The van der Waals surface area contributed by atoms with Gasteiger partial charge in [0.1, 0.15) is 8.07 Å². The first-order valence-electron chi connectivity index (χ1n) is 11.2. The molecule has 0 aromatic heterocycles. The average Bonchev–Trinajstić information content (AvgIpc) is 3.41. The third-order valence-electron chi connectivity index (χ3n) is 7.69. The van der Waals surface area contributed by atoms with E-state index >= 15 is 0 Å². The Bertz CT molecular complexity index is 968. The second kappa shape index (κ2) is 6.59. The SMILES string of the molecule is CCC(C)C1=CC([Si](C)(C)C2=C3C=C4CCCC4=CC3C=C2)=C2C=CC=CC12. The Morgan fingerprint density at radius 2 is 1.79 bits per heavy atom. The first-order valence-corrected chi connectivity index (χ1v) is 14.2. The van der Waals surface area contributed by atoms with Crippen LogP contribution in [0.4, 0.5) is 0 Å². The summed E-state index contributed by atoms with van der Waals surface area (Å²) in [6.45, 7) is 9.88. The molecule has 0 aromatic carbocycles. The van der Waals surface area contributed by atoms with Gasteiger partial charge in [-0.25, -0.2) is 0 Å². The fourth-order valence-corrected chi connectivity index (χ4v) is 9.07. The molecule has 0 heterocycles. The molecule has 3 atom stereocenters. The molecule has 0 saturated heterocycles. The Labute approximate surface area is 171 Å². The lowest BCUT2D eigenvalue weighted by atomic mass is 9.84. The summed E-state index contributed by atoms with van der Waals surface area (Å²) in [5, 5.41) is 3.33. The molecular formula is C27H32Si. The van der Waals surface area contributed by atoms with Gasteiger partial charge in [0.25, 0.3) is 0 Å². The summed E-state index contributed by atoms with van der Waals surface area (Å²) in [7, 11) is -1.76. The predicted molar refractivity (Wildman–Crippen MR) is 123 cm³/mol. The Kier molecular flexibility index (Phi) is 4.28. The third kappa shape index (κ3) is 2.63. The first kappa shape index (κ1) is 18.2. The number of fused-ring (bicyclic) bond motifs is 3. The second-order valence-electron chi connectivity index (χ2n) is 9.64. The zero-order valence-electron chi connectivity index (χ0n) is 17.8. The topological polar surface area (TPSA) is 0 Å². The van der Waals surface area contributed by atoms with Crippen LogP contribution in [0.1, 0.15) is 39.5 Å². The predicted octanol–water partition coefficient (Wildman–Crippen LogP) is 7.33. The highest BCUT2D eigenvalue weighted by atomic mass is 28.3. The molecule has 1 heteroatoms. The summed E-state index contributed by atoms with van der Waals surface area (Å²) < 4.78 is 0. The van der Waals surface area contributed by atoms with Gasteiger partial charge in [-0.2, -0.15) is 0 Å². The molecule has 0 radical (unpaired) electrons. The quantitative estimate of drug-likeness (QED) is 0.445. The zero-order valence-corrected chi connectivity index (χ0v) is 18.8. The van der Waals surface area contributed by atoms with Crippen LogP contribution in [0.2, 0.25) is 13.1 Å². The van der Waals surface area contributed by atoms with E-state index in [2.05, 4.69) is 81.6 Å². The highest BCUT2D eigenvalue weighted by Gasteiger charge is 2.40. The summed E-state index contributed by atoms with van der Waals surface area (Å²) in [5.74, 6) is 1.70. The van der Waals surface area contributed by atoms with E-state index in [0.29, 0.717) is 17.8 Å². The van der Waals surface area contributed by atoms with Crippen LogP contribution < -0.4 is 0 Å². The van der Waals surface area contributed by atoms with Crippen molar-refractivity contribution in [2.45, 2.75) is 52.6 Å². The molecule has 5 aliphatic rings. The van der Waals surface area contributed by atoms with Crippen molar-refractivity contribution in [2.24, 2.45) is 17.8 Å². The number of hydrogen-bond donors (Lipinski definition) is 0. The Hall–Kier alpha value is -1.86. The van der Waals surface area contributed by atoms with Crippen molar-refractivity contribution < 1.29 is 0 Å². The van der Waals surface area contributed by atoms with Gasteiger partial charge >= 0.3 is 0 Å². The number of rotatable bonds is 4. The van der Waals surface area contributed by atoms with E-state index in [9.17, 15) is 0 Å². The fourth-order valence-electron chi connectivity index (χ4n) is 5.82. The lowest BCUT2D eigenvalue weighted by Gasteiger charge is -2.29. The zero-order chi connectivity index (χ0) is 19.5.